The van der Waals surface area contributed by atoms with Crippen LogP contribution in [0.2, 0.25) is 0 Å². The van der Waals surface area contributed by atoms with Crippen molar-refractivity contribution in [3.8, 4) is 0 Å². The Hall–Kier alpha value is -0.410. The maximum atomic E-state index is 14.0. The number of ketones is 1. The second-order valence-corrected chi connectivity index (χ2v) is 11.9. The molecule has 0 saturated heterocycles. The van der Waals surface area contributed by atoms with Crippen LogP contribution in [0.25, 0.3) is 0 Å². The Morgan fingerprint density at radius 3 is 2.45 bits per heavy atom. The average Bonchev–Trinajstić information content (AvgIpc) is 3.03. The zero-order valence-corrected chi connectivity index (χ0v) is 19.3. The van der Waals surface area contributed by atoms with Gasteiger partial charge in [0.05, 0.1) is 6.10 Å². The van der Waals surface area contributed by atoms with Gasteiger partial charge in [-0.2, -0.15) is 0 Å². The second kappa shape index (κ2) is 7.93. The third kappa shape index (κ3) is 3.25. The minimum atomic E-state index is -0.196. The molecule has 3 nitrogen and oxygen atoms in total. The topological polar surface area (TPSA) is 63.3 Å². The van der Waals surface area contributed by atoms with Gasteiger partial charge in [0, 0.05) is 11.8 Å². The van der Waals surface area contributed by atoms with Crippen molar-refractivity contribution < 1.29 is 9.90 Å². The third-order valence-electron chi connectivity index (χ3n) is 10.7. The zero-order valence-electron chi connectivity index (χ0n) is 19.3. The first-order chi connectivity index (χ1) is 13.8. The molecular formula is C26H45NO2. The third-order valence-corrected chi connectivity index (χ3v) is 10.7. The van der Waals surface area contributed by atoms with E-state index < -0.39 is 0 Å². The Morgan fingerprint density at radius 1 is 1.07 bits per heavy atom. The molecule has 0 aromatic carbocycles. The van der Waals surface area contributed by atoms with E-state index in [1.807, 2.05) is 0 Å². The number of fused-ring (bicyclic) bond motifs is 5. The summed E-state index contributed by atoms with van der Waals surface area (Å²) in [5.74, 6) is 3.97. The summed E-state index contributed by atoms with van der Waals surface area (Å²) < 4.78 is 0. The molecule has 3 N–H and O–H groups in total. The molecule has 0 radical (unpaired) electrons. The molecule has 3 heteroatoms. The fourth-order valence-electron chi connectivity index (χ4n) is 9.24. The molecule has 0 aromatic rings. The summed E-state index contributed by atoms with van der Waals surface area (Å²) in [5.41, 5.74) is 6.48. The highest BCUT2D eigenvalue weighted by Gasteiger charge is 2.65. The van der Waals surface area contributed by atoms with Crippen molar-refractivity contribution in [3.63, 3.8) is 0 Å². The van der Waals surface area contributed by atoms with Crippen LogP contribution in [-0.2, 0) is 4.79 Å². The first-order valence-corrected chi connectivity index (χ1v) is 12.7. The minimum Gasteiger partial charge on any atom is -0.393 e. The number of aliphatic hydroxyl groups is 1. The lowest BCUT2D eigenvalue weighted by Crippen LogP contribution is -2.60. The summed E-state index contributed by atoms with van der Waals surface area (Å²) in [7, 11) is 0. The fraction of sp³-hybridized carbons (Fsp3) is 0.962. The summed E-state index contributed by atoms with van der Waals surface area (Å²) >= 11 is 0. The molecule has 0 aromatic heterocycles. The normalized spacial score (nSPS) is 50.6. The van der Waals surface area contributed by atoms with Gasteiger partial charge >= 0.3 is 0 Å². The quantitative estimate of drug-likeness (QED) is 0.663. The lowest BCUT2D eigenvalue weighted by atomic mass is 9.41. The molecular weight excluding hydrogens is 358 g/mol. The second-order valence-electron chi connectivity index (χ2n) is 11.9. The SMILES string of the molecule is CCC[C@@H]1C(=O)[C@@H]2[C@H](CC[C@]3(C)[C@@H]([C@H](C)CCN)CC[C@@H]23)[C@@]2(C)CC[C@@H](O)C[C@@H]12. The summed E-state index contributed by atoms with van der Waals surface area (Å²) in [6.45, 7) is 10.4. The Bertz CT molecular complexity index is 620. The first-order valence-electron chi connectivity index (χ1n) is 12.7. The van der Waals surface area contributed by atoms with Crippen LogP contribution in [-0.4, -0.2) is 23.5 Å². The number of nitrogens with two attached hydrogens (primary N) is 1. The van der Waals surface area contributed by atoms with Crippen LogP contribution in [0.15, 0.2) is 0 Å². The Balaban J connectivity index is 1.68. The van der Waals surface area contributed by atoms with Crippen molar-refractivity contribution in [2.24, 2.45) is 58.0 Å². The van der Waals surface area contributed by atoms with Crippen LogP contribution < -0.4 is 5.73 Å². The van der Waals surface area contributed by atoms with Gasteiger partial charge in [-0.3, -0.25) is 4.79 Å². The van der Waals surface area contributed by atoms with Crippen LogP contribution in [0.3, 0.4) is 0 Å². The molecule has 10 atom stereocenters. The maximum absolute atomic E-state index is 14.0. The van der Waals surface area contributed by atoms with E-state index in [1.165, 1.54) is 25.7 Å². The lowest BCUT2D eigenvalue weighted by Gasteiger charge is -2.62. The number of rotatable bonds is 5. The van der Waals surface area contributed by atoms with Crippen molar-refractivity contribution in [3.05, 3.63) is 0 Å². The number of Topliss-reactive ketones (excluding diaryl/α,β-unsaturated/α-hetero) is 1. The molecule has 166 valence electrons. The average molecular weight is 404 g/mol. The van der Waals surface area contributed by atoms with Crippen LogP contribution in [0, 0.1) is 52.3 Å². The molecule has 4 aliphatic carbocycles. The maximum Gasteiger partial charge on any atom is 0.139 e. The smallest absolute Gasteiger partial charge is 0.139 e. The van der Waals surface area contributed by atoms with Gasteiger partial charge in [0.25, 0.3) is 0 Å². The molecule has 0 heterocycles. The van der Waals surface area contributed by atoms with Crippen molar-refractivity contribution in [2.45, 2.75) is 98.0 Å². The van der Waals surface area contributed by atoms with Gasteiger partial charge < -0.3 is 10.8 Å². The highest BCUT2D eigenvalue weighted by atomic mass is 16.3. The number of carbonyl (C=O) groups excluding carboxylic acids is 1. The van der Waals surface area contributed by atoms with Crippen LogP contribution in [0.5, 0.6) is 0 Å². The van der Waals surface area contributed by atoms with E-state index in [-0.39, 0.29) is 23.4 Å². The fourth-order valence-corrected chi connectivity index (χ4v) is 9.24. The van der Waals surface area contributed by atoms with Crippen molar-refractivity contribution in [1.29, 1.82) is 0 Å². The van der Waals surface area contributed by atoms with E-state index in [2.05, 4.69) is 27.7 Å². The summed E-state index contributed by atoms with van der Waals surface area (Å²) in [6.07, 6.45) is 11.0. The minimum absolute atomic E-state index is 0.184. The van der Waals surface area contributed by atoms with Crippen molar-refractivity contribution >= 4 is 5.78 Å². The monoisotopic (exact) mass is 403 g/mol. The molecule has 4 saturated carbocycles. The predicted molar refractivity (Wildman–Crippen MR) is 118 cm³/mol. The van der Waals surface area contributed by atoms with Gasteiger partial charge in [0.2, 0.25) is 0 Å². The van der Waals surface area contributed by atoms with Gasteiger partial charge in [-0.05, 0) is 105 Å². The van der Waals surface area contributed by atoms with Crippen LogP contribution in [0.4, 0.5) is 0 Å². The first kappa shape index (κ1) is 21.8. The largest absolute Gasteiger partial charge is 0.393 e. The van der Waals surface area contributed by atoms with Gasteiger partial charge in [-0.15, -0.1) is 0 Å². The molecule has 29 heavy (non-hydrogen) atoms. The van der Waals surface area contributed by atoms with E-state index in [0.29, 0.717) is 34.9 Å². The van der Waals surface area contributed by atoms with E-state index in [0.717, 1.165) is 51.0 Å². The van der Waals surface area contributed by atoms with E-state index in [1.54, 1.807) is 0 Å². The number of aliphatic hydroxyl groups excluding tert-OH is 1. The predicted octanol–water partition coefficient (Wildman–Crippen LogP) is 5.20. The van der Waals surface area contributed by atoms with Gasteiger partial charge in [0.15, 0.2) is 0 Å². The molecule has 4 fully saturated rings. The molecule has 0 spiro atoms. The molecule has 0 bridgehead atoms. The molecule has 0 unspecified atom stereocenters. The number of hydrogen-bond donors (Lipinski definition) is 2. The van der Waals surface area contributed by atoms with E-state index in [9.17, 15) is 9.90 Å². The Kier molecular flexibility index (Phi) is 5.97. The van der Waals surface area contributed by atoms with Crippen LogP contribution >= 0.6 is 0 Å². The lowest BCUT2D eigenvalue weighted by molar-refractivity contribution is -0.173. The van der Waals surface area contributed by atoms with Crippen molar-refractivity contribution in [1.82, 2.24) is 0 Å². The summed E-state index contributed by atoms with van der Waals surface area (Å²) in [5, 5.41) is 10.4. The summed E-state index contributed by atoms with van der Waals surface area (Å²) in [6, 6.07) is 0. The Morgan fingerprint density at radius 2 is 1.76 bits per heavy atom. The standard InChI is InChI=1S/C26H45NO2/c1-5-6-18-22-15-17(28)9-12-26(22,4)21-10-13-25(3)19(16(2)11-14-27)7-8-20(25)23(21)24(18)29/h16-23,28H,5-15,27H2,1-4H3/t16-,17-,18+,19-,20+,21+,22+,23+,25-,26-/m1/s1. The van der Waals surface area contributed by atoms with Gasteiger partial charge in [-0.25, -0.2) is 0 Å². The zero-order chi connectivity index (χ0) is 21.0. The van der Waals surface area contributed by atoms with Gasteiger partial charge in [0.1, 0.15) is 5.78 Å². The number of hydrogen-bond acceptors (Lipinski definition) is 3. The molecule has 4 aliphatic rings. The van der Waals surface area contributed by atoms with Crippen molar-refractivity contribution in [2.75, 3.05) is 6.54 Å². The highest BCUT2D eigenvalue weighted by molar-refractivity contribution is 5.86. The molecule has 0 amide bonds. The van der Waals surface area contributed by atoms with Crippen LogP contribution in [0.1, 0.15) is 91.9 Å². The molecule has 0 aliphatic heterocycles. The Labute approximate surface area is 178 Å². The summed E-state index contributed by atoms with van der Waals surface area (Å²) in [4.78, 5) is 14.0. The number of carbonyl (C=O) groups is 1. The van der Waals surface area contributed by atoms with Gasteiger partial charge in [-0.1, -0.05) is 34.1 Å². The van der Waals surface area contributed by atoms with E-state index in [4.69, 9.17) is 5.73 Å². The van der Waals surface area contributed by atoms with E-state index >= 15 is 0 Å². The highest BCUT2D eigenvalue weighted by Crippen LogP contribution is 2.68. The molecule has 4 rings (SSSR count).